The van der Waals surface area contributed by atoms with Crippen LogP contribution in [0.5, 0.6) is 0 Å². The van der Waals surface area contributed by atoms with Gasteiger partial charge in [-0.3, -0.25) is 4.98 Å². The van der Waals surface area contributed by atoms with Crippen molar-refractivity contribution < 1.29 is 4.39 Å². The van der Waals surface area contributed by atoms with Crippen LogP contribution < -0.4 is 5.32 Å². The van der Waals surface area contributed by atoms with Gasteiger partial charge in [0.1, 0.15) is 5.82 Å². The van der Waals surface area contributed by atoms with Gasteiger partial charge in [-0.1, -0.05) is 24.3 Å². The van der Waals surface area contributed by atoms with Gasteiger partial charge in [-0.15, -0.1) is 0 Å². The molecule has 3 nitrogen and oxygen atoms in total. The van der Waals surface area contributed by atoms with Gasteiger partial charge in [0.05, 0.1) is 11.9 Å². The fraction of sp³-hybridized carbons (Fsp3) is 0. The van der Waals surface area contributed by atoms with Crippen LogP contribution in [-0.4, -0.2) is 11.2 Å². The van der Waals surface area contributed by atoms with Gasteiger partial charge < -0.3 is 10.7 Å². The van der Waals surface area contributed by atoms with Gasteiger partial charge in [-0.25, -0.2) is 4.39 Å². The molecule has 0 saturated heterocycles. The van der Waals surface area contributed by atoms with Crippen LogP contribution in [0, 0.1) is 11.2 Å². The zero-order chi connectivity index (χ0) is 13.9. The standard InChI is InChI=1S/C16H12FN3/c17-13-5-6-15(12(7-13)8-18)20-16-10-19-9-11-3-1-2-4-14(11)16/h1-10,18,20H. The summed E-state index contributed by atoms with van der Waals surface area (Å²) in [6.45, 7) is 0. The maximum atomic E-state index is 13.2. The van der Waals surface area contributed by atoms with Crippen LogP contribution in [0.1, 0.15) is 5.56 Å². The third kappa shape index (κ3) is 2.23. The van der Waals surface area contributed by atoms with Gasteiger partial charge in [0.15, 0.2) is 0 Å². The molecule has 2 N–H and O–H groups in total. The molecule has 0 aliphatic heterocycles. The van der Waals surface area contributed by atoms with Crippen LogP contribution in [0.25, 0.3) is 10.8 Å². The Labute approximate surface area is 115 Å². The van der Waals surface area contributed by atoms with Crippen molar-refractivity contribution in [3.63, 3.8) is 0 Å². The fourth-order valence-electron chi connectivity index (χ4n) is 2.13. The van der Waals surface area contributed by atoms with Crippen LogP contribution in [0.2, 0.25) is 0 Å². The van der Waals surface area contributed by atoms with E-state index in [0.29, 0.717) is 11.3 Å². The molecule has 3 aromatic rings. The maximum Gasteiger partial charge on any atom is 0.124 e. The Morgan fingerprint density at radius 2 is 1.90 bits per heavy atom. The molecule has 0 spiro atoms. The second kappa shape index (κ2) is 5.09. The molecular formula is C16H12FN3. The van der Waals surface area contributed by atoms with Gasteiger partial charge in [0.2, 0.25) is 0 Å². The van der Waals surface area contributed by atoms with E-state index < -0.39 is 0 Å². The minimum absolute atomic E-state index is 0.356. The highest BCUT2D eigenvalue weighted by Crippen LogP contribution is 2.26. The number of nitrogens with zero attached hydrogens (tertiary/aromatic N) is 1. The molecule has 0 aliphatic carbocycles. The van der Waals surface area contributed by atoms with E-state index in [4.69, 9.17) is 5.41 Å². The van der Waals surface area contributed by atoms with E-state index in [1.165, 1.54) is 12.1 Å². The summed E-state index contributed by atoms with van der Waals surface area (Å²) >= 11 is 0. The molecule has 0 amide bonds. The lowest BCUT2D eigenvalue weighted by Crippen LogP contribution is -1.97. The van der Waals surface area contributed by atoms with E-state index in [0.717, 1.165) is 22.7 Å². The zero-order valence-electron chi connectivity index (χ0n) is 10.6. The van der Waals surface area contributed by atoms with Crippen molar-refractivity contribution in [1.29, 1.82) is 5.41 Å². The molecule has 0 radical (unpaired) electrons. The van der Waals surface area contributed by atoms with Crippen LogP contribution in [0.15, 0.2) is 54.9 Å². The number of hydrogen-bond acceptors (Lipinski definition) is 3. The lowest BCUT2D eigenvalue weighted by atomic mass is 10.1. The monoisotopic (exact) mass is 265 g/mol. The Bertz CT molecular complexity index is 778. The first-order valence-corrected chi connectivity index (χ1v) is 6.18. The largest absolute Gasteiger partial charge is 0.353 e. The van der Waals surface area contributed by atoms with Crippen LogP contribution in [0.3, 0.4) is 0 Å². The quantitative estimate of drug-likeness (QED) is 0.700. The molecule has 0 fully saturated rings. The van der Waals surface area contributed by atoms with Gasteiger partial charge in [-0.05, 0) is 18.2 Å². The minimum atomic E-state index is -0.356. The molecule has 3 rings (SSSR count). The molecule has 0 saturated carbocycles. The number of halogens is 1. The second-order valence-electron chi connectivity index (χ2n) is 4.41. The number of fused-ring (bicyclic) bond motifs is 1. The summed E-state index contributed by atoms with van der Waals surface area (Å²) in [6.07, 6.45) is 4.64. The first-order valence-electron chi connectivity index (χ1n) is 6.18. The molecule has 0 bridgehead atoms. The smallest absolute Gasteiger partial charge is 0.124 e. The van der Waals surface area contributed by atoms with Crippen molar-refractivity contribution in [2.75, 3.05) is 5.32 Å². The SMILES string of the molecule is N=Cc1cc(F)ccc1Nc1cncc2ccccc12. The van der Waals surface area contributed by atoms with Crippen molar-refractivity contribution >= 4 is 28.4 Å². The molecule has 4 heteroatoms. The third-order valence-corrected chi connectivity index (χ3v) is 3.11. The number of benzene rings is 2. The Balaban J connectivity index is 2.08. The van der Waals surface area contributed by atoms with E-state index in [2.05, 4.69) is 10.3 Å². The average molecular weight is 265 g/mol. The first kappa shape index (κ1) is 12.3. The van der Waals surface area contributed by atoms with Gasteiger partial charge in [0.25, 0.3) is 0 Å². The normalized spacial score (nSPS) is 10.4. The van der Waals surface area contributed by atoms with E-state index >= 15 is 0 Å². The van der Waals surface area contributed by atoms with E-state index in [9.17, 15) is 4.39 Å². The van der Waals surface area contributed by atoms with E-state index in [1.807, 2.05) is 24.3 Å². The number of aromatic nitrogens is 1. The number of anilines is 2. The Hall–Kier alpha value is -2.75. The molecule has 98 valence electrons. The molecule has 0 aliphatic rings. The molecule has 0 unspecified atom stereocenters. The van der Waals surface area contributed by atoms with Crippen molar-refractivity contribution in [3.05, 3.63) is 66.2 Å². The maximum absolute atomic E-state index is 13.2. The van der Waals surface area contributed by atoms with Crippen molar-refractivity contribution in [2.24, 2.45) is 0 Å². The third-order valence-electron chi connectivity index (χ3n) is 3.11. The lowest BCUT2D eigenvalue weighted by Gasteiger charge is -2.11. The molecule has 2 aromatic carbocycles. The van der Waals surface area contributed by atoms with E-state index in [-0.39, 0.29) is 5.82 Å². The highest BCUT2D eigenvalue weighted by Gasteiger charge is 2.05. The number of rotatable bonds is 3. The Morgan fingerprint density at radius 1 is 1.05 bits per heavy atom. The topological polar surface area (TPSA) is 48.8 Å². The Morgan fingerprint density at radius 3 is 2.75 bits per heavy atom. The minimum Gasteiger partial charge on any atom is -0.353 e. The van der Waals surface area contributed by atoms with Gasteiger partial charge in [-0.2, -0.15) is 0 Å². The van der Waals surface area contributed by atoms with Gasteiger partial charge in [0, 0.05) is 34.4 Å². The molecule has 20 heavy (non-hydrogen) atoms. The average Bonchev–Trinajstić information content (AvgIpc) is 2.49. The van der Waals surface area contributed by atoms with E-state index in [1.54, 1.807) is 18.5 Å². The number of nitrogens with one attached hydrogen (secondary N) is 2. The number of pyridine rings is 1. The summed E-state index contributed by atoms with van der Waals surface area (Å²) in [5, 5.41) is 12.6. The molecule has 1 aromatic heterocycles. The predicted molar refractivity (Wildman–Crippen MR) is 79.3 cm³/mol. The van der Waals surface area contributed by atoms with Crippen LogP contribution in [0.4, 0.5) is 15.8 Å². The van der Waals surface area contributed by atoms with Gasteiger partial charge >= 0.3 is 0 Å². The van der Waals surface area contributed by atoms with Crippen molar-refractivity contribution in [1.82, 2.24) is 4.98 Å². The summed E-state index contributed by atoms with van der Waals surface area (Å²) in [5.41, 5.74) is 2.01. The van der Waals surface area contributed by atoms with Crippen LogP contribution in [-0.2, 0) is 0 Å². The summed E-state index contributed by atoms with van der Waals surface area (Å²) in [7, 11) is 0. The lowest BCUT2D eigenvalue weighted by molar-refractivity contribution is 0.628. The predicted octanol–water partition coefficient (Wildman–Crippen LogP) is 4.12. The molecule has 1 heterocycles. The Kier molecular flexibility index (Phi) is 3.13. The second-order valence-corrected chi connectivity index (χ2v) is 4.41. The fourth-order valence-corrected chi connectivity index (χ4v) is 2.13. The molecular weight excluding hydrogens is 253 g/mol. The number of hydrogen-bond donors (Lipinski definition) is 2. The highest BCUT2D eigenvalue weighted by atomic mass is 19.1. The highest BCUT2D eigenvalue weighted by molar-refractivity contribution is 5.96. The summed E-state index contributed by atoms with van der Waals surface area (Å²) < 4.78 is 13.2. The summed E-state index contributed by atoms with van der Waals surface area (Å²) in [5.74, 6) is -0.356. The van der Waals surface area contributed by atoms with Crippen molar-refractivity contribution in [3.8, 4) is 0 Å². The first-order chi connectivity index (χ1) is 9.78. The summed E-state index contributed by atoms with van der Waals surface area (Å²) in [4.78, 5) is 4.19. The van der Waals surface area contributed by atoms with Crippen molar-refractivity contribution in [2.45, 2.75) is 0 Å². The molecule has 0 atom stereocenters. The van der Waals surface area contributed by atoms with Crippen LogP contribution >= 0.6 is 0 Å². The summed E-state index contributed by atoms with van der Waals surface area (Å²) in [6, 6.07) is 12.2. The zero-order valence-corrected chi connectivity index (χ0v) is 10.6.